The number of rotatable bonds is 9. The molecular formula is C22H26N4O2S. The van der Waals surface area contributed by atoms with Gasteiger partial charge in [0.05, 0.1) is 18.8 Å². The van der Waals surface area contributed by atoms with Crippen molar-refractivity contribution in [1.82, 2.24) is 19.7 Å². The molecule has 0 aliphatic heterocycles. The standard InChI is InChI=1S/C22H26N4O2S/c1-17-9-7-8-12-20(17)28-14-13-25(3)21(27)16-29-22-24-23-18(2)26(22)15-19-10-5-4-6-11-19/h4-12H,13-16H2,1-3H3. The Morgan fingerprint density at radius 1 is 1.07 bits per heavy atom. The fourth-order valence-corrected chi connectivity index (χ4v) is 3.71. The molecule has 2 aromatic carbocycles. The third kappa shape index (κ3) is 5.84. The molecular weight excluding hydrogens is 384 g/mol. The van der Waals surface area contributed by atoms with Crippen LogP contribution in [0.5, 0.6) is 5.75 Å². The lowest BCUT2D eigenvalue weighted by Gasteiger charge is -2.18. The van der Waals surface area contributed by atoms with Crippen molar-refractivity contribution in [2.45, 2.75) is 25.5 Å². The normalized spacial score (nSPS) is 10.7. The van der Waals surface area contributed by atoms with Crippen LogP contribution in [0.4, 0.5) is 0 Å². The van der Waals surface area contributed by atoms with Gasteiger partial charge in [0.1, 0.15) is 18.2 Å². The van der Waals surface area contributed by atoms with E-state index in [4.69, 9.17) is 4.74 Å². The van der Waals surface area contributed by atoms with E-state index in [2.05, 4.69) is 22.3 Å². The lowest BCUT2D eigenvalue weighted by atomic mass is 10.2. The molecule has 6 nitrogen and oxygen atoms in total. The van der Waals surface area contributed by atoms with Crippen molar-refractivity contribution in [3.05, 3.63) is 71.5 Å². The fraction of sp³-hybridized carbons (Fsp3) is 0.318. The molecule has 1 heterocycles. The summed E-state index contributed by atoms with van der Waals surface area (Å²) in [6.07, 6.45) is 0. The van der Waals surface area contributed by atoms with Gasteiger partial charge in [-0.25, -0.2) is 0 Å². The molecule has 0 spiro atoms. The van der Waals surface area contributed by atoms with E-state index in [0.717, 1.165) is 22.3 Å². The van der Waals surface area contributed by atoms with E-state index >= 15 is 0 Å². The van der Waals surface area contributed by atoms with Crippen LogP contribution in [0, 0.1) is 13.8 Å². The molecule has 0 radical (unpaired) electrons. The minimum Gasteiger partial charge on any atom is -0.491 e. The predicted octanol–water partition coefficient (Wildman–Crippen LogP) is 3.57. The van der Waals surface area contributed by atoms with Gasteiger partial charge in [-0.2, -0.15) is 0 Å². The first kappa shape index (κ1) is 20.9. The number of aryl methyl sites for hydroxylation is 2. The number of carbonyl (C=O) groups is 1. The Balaban J connectivity index is 1.49. The summed E-state index contributed by atoms with van der Waals surface area (Å²) in [5.74, 6) is 2.04. The number of hydrogen-bond acceptors (Lipinski definition) is 5. The molecule has 0 saturated carbocycles. The number of nitrogens with zero attached hydrogens (tertiary/aromatic N) is 4. The average molecular weight is 411 g/mol. The van der Waals surface area contributed by atoms with Crippen LogP contribution in [0.1, 0.15) is 17.0 Å². The third-order valence-electron chi connectivity index (χ3n) is 4.61. The number of hydrogen-bond donors (Lipinski definition) is 0. The first-order valence-corrected chi connectivity index (χ1v) is 10.5. The van der Waals surface area contributed by atoms with Gasteiger partial charge in [0, 0.05) is 7.05 Å². The highest BCUT2D eigenvalue weighted by Crippen LogP contribution is 2.19. The number of aromatic nitrogens is 3. The molecule has 1 amide bonds. The second-order valence-electron chi connectivity index (χ2n) is 6.82. The van der Waals surface area contributed by atoms with E-state index < -0.39 is 0 Å². The molecule has 152 valence electrons. The predicted molar refractivity (Wildman–Crippen MR) is 115 cm³/mol. The largest absolute Gasteiger partial charge is 0.491 e. The van der Waals surface area contributed by atoms with Gasteiger partial charge in [0.25, 0.3) is 0 Å². The van der Waals surface area contributed by atoms with E-state index in [-0.39, 0.29) is 5.91 Å². The van der Waals surface area contributed by atoms with Gasteiger partial charge < -0.3 is 14.2 Å². The molecule has 0 aliphatic carbocycles. The van der Waals surface area contributed by atoms with Crippen LogP contribution in [0.15, 0.2) is 59.8 Å². The molecule has 0 bridgehead atoms. The van der Waals surface area contributed by atoms with Gasteiger partial charge in [-0.05, 0) is 31.0 Å². The molecule has 3 aromatic rings. The van der Waals surface area contributed by atoms with Crippen LogP contribution in [-0.2, 0) is 11.3 Å². The summed E-state index contributed by atoms with van der Waals surface area (Å²) < 4.78 is 7.82. The molecule has 29 heavy (non-hydrogen) atoms. The monoisotopic (exact) mass is 410 g/mol. The van der Waals surface area contributed by atoms with Gasteiger partial charge in [-0.1, -0.05) is 60.3 Å². The van der Waals surface area contributed by atoms with Crippen LogP contribution in [0.3, 0.4) is 0 Å². The third-order valence-corrected chi connectivity index (χ3v) is 5.57. The van der Waals surface area contributed by atoms with Gasteiger partial charge in [0.15, 0.2) is 5.16 Å². The number of likely N-dealkylation sites (N-methyl/N-ethyl adjacent to an activating group) is 1. The van der Waals surface area contributed by atoms with E-state index in [0.29, 0.717) is 25.4 Å². The summed E-state index contributed by atoms with van der Waals surface area (Å²) in [4.78, 5) is 14.2. The van der Waals surface area contributed by atoms with Crippen LogP contribution >= 0.6 is 11.8 Å². The Hall–Kier alpha value is -2.80. The molecule has 0 atom stereocenters. The SMILES string of the molecule is Cc1ccccc1OCCN(C)C(=O)CSc1nnc(C)n1Cc1ccccc1. The van der Waals surface area contributed by atoms with Crippen molar-refractivity contribution >= 4 is 17.7 Å². The maximum atomic E-state index is 12.5. The van der Waals surface area contributed by atoms with Gasteiger partial charge in [-0.3, -0.25) is 4.79 Å². The summed E-state index contributed by atoms with van der Waals surface area (Å²) in [6.45, 7) is 5.62. The minimum atomic E-state index is 0.0373. The second-order valence-corrected chi connectivity index (χ2v) is 7.76. The number of thioether (sulfide) groups is 1. The fourth-order valence-electron chi connectivity index (χ4n) is 2.79. The Bertz CT molecular complexity index is 943. The smallest absolute Gasteiger partial charge is 0.232 e. The van der Waals surface area contributed by atoms with Crippen molar-refractivity contribution < 1.29 is 9.53 Å². The van der Waals surface area contributed by atoms with Crippen molar-refractivity contribution in [3.8, 4) is 5.75 Å². The van der Waals surface area contributed by atoms with Gasteiger partial charge >= 0.3 is 0 Å². The number of ether oxygens (including phenoxy) is 1. The molecule has 3 rings (SSSR count). The van der Waals surface area contributed by atoms with Crippen molar-refractivity contribution in [2.75, 3.05) is 26.0 Å². The van der Waals surface area contributed by atoms with E-state index in [9.17, 15) is 4.79 Å². The molecule has 1 aromatic heterocycles. The molecule has 0 saturated heterocycles. The summed E-state index contributed by atoms with van der Waals surface area (Å²) in [5.41, 5.74) is 2.26. The lowest BCUT2D eigenvalue weighted by molar-refractivity contribution is -0.127. The van der Waals surface area contributed by atoms with Crippen molar-refractivity contribution in [1.29, 1.82) is 0 Å². The Kier molecular flexibility index (Phi) is 7.30. The Morgan fingerprint density at radius 3 is 2.55 bits per heavy atom. The molecule has 0 aliphatic rings. The number of amides is 1. The van der Waals surface area contributed by atoms with Crippen LogP contribution in [0.2, 0.25) is 0 Å². The second kappa shape index (κ2) is 10.1. The van der Waals surface area contributed by atoms with Gasteiger partial charge in [-0.15, -0.1) is 10.2 Å². The first-order chi connectivity index (χ1) is 14.0. The summed E-state index contributed by atoms with van der Waals surface area (Å²) in [7, 11) is 1.80. The zero-order chi connectivity index (χ0) is 20.6. The van der Waals surface area contributed by atoms with Crippen molar-refractivity contribution in [3.63, 3.8) is 0 Å². The molecule has 0 N–H and O–H groups in total. The Labute approximate surface area is 175 Å². The molecule has 7 heteroatoms. The zero-order valence-electron chi connectivity index (χ0n) is 17.0. The van der Waals surface area contributed by atoms with E-state index in [1.54, 1.807) is 11.9 Å². The summed E-state index contributed by atoms with van der Waals surface area (Å²) in [6, 6.07) is 18.0. The topological polar surface area (TPSA) is 60.2 Å². The van der Waals surface area contributed by atoms with Crippen LogP contribution in [-0.4, -0.2) is 51.5 Å². The van der Waals surface area contributed by atoms with Crippen molar-refractivity contribution in [2.24, 2.45) is 0 Å². The lowest BCUT2D eigenvalue weighted by Crippen LogP contribution is -2.32. The van der Waals surface area contributed by atoms with E-state index in [1.807, 2.05) is 60.9 Å². The van der Waals surface area contributed by atoms with Crippen LogP contribution in [0.25, 0.3) is 0 Å². The molecule has 0 unspecified atom stereocenters. The maximum Gasteiger partial charge on any atom is 0.232 e. The quantitative estimate of drug-likeness (QED) is 0.505. The Morgan fingerprint density at radius 2 is 1.79 bits per heavy atom. The highest BCUT2D eigenvalue weighted by Gasteiger charge is 2.14. The van der Waals surface area contributed by atoms with E-state index in [1.165, 1.54) is 17.3 Å². The summed E-state index contributed by atoms with van der Waals surface area (Å²) in [5, 5.41) is 9.16. The number of benzene rings is 2. The minimum absolute atomic E-state index is 0.0373. The first-order valence-electron chi connectivity index (χ1n) is 9.53. The van der Waals surface area contributed by atoms with Crippen LogP contribution < -0.4 is 4.74 Å². The highest BCUT2D eigenvalue weighted by molar-refractivity contribution is 7.99. The number of para-hydroxylation sites is 1. The zero-order valence-corrected chi connectivity index (χ0v) is 17.9. The number of carbonyl (C=O) groups excluding carboxylic acids is 1. The maximum absolute atomic E-state index is 12.5. The molecule has 0 fully saturated rings. The summed E-state index contributed by atoms with van der Waals surface area (Å²) >= 11 is 1.41. The average Bonchev–Trinajstić information content (AvgIpc) is 3.07. The van der Waals surface area contributed by atoms with Gasteiger partial charge in [0.2, 0.25) is 5.91 Å². The highest BCUT2D eigenvalue weighted by atomic mass is 32.2.